The lowest BCUT2D eigenvalue weighted by atomic mass is 9.93. The predicted molar refractivity (Wildman–Crippen MR) is 97.3 cm³/mol. The van der Waals surface area contributed by atoms with Crippen LogP contribution in [0.1, 0.15) is 33.6 Å². The number of hydrogen-bond donors (Lipinski definition) is 4. The number of aliphatic hydroxyl groups is 3. The van der Waals surface area contributed by atoms with Crippen molar-refractivity contribution >= 4 is 22.7 Å². The second-order valence-electron chi connectivity index (χ2n) is 7.50. The lowest BCUT2D eigenvalue weighted by Gasteiger charge is -2.44. The van der Waals surface area contributed by atoms with Crippen LogP contribution >= 0.6 is 11.8 Å². The number of hydrogen-bond acceptors (Lipinski definition) is 6. The summed E-state index contributed by atoms with van der Waals surface area (Å²) in [6.07, 6.45) is -4.44. The van der Waals surface area contributed by atoms with Gasteiger partial charge in [-0.25, -0.2) is 17.7 Å². The fraction of sp³-hybridized carbons (Fsp3) is 0.875. The summed E-state index contributed by atoms with van der Waals surface area (Å²) in [4.78, 5) is 0. The van der Waals surface area contributed by atoms with Gasteiger partial charge in [0.15, 0.2) is 0 Å². The molecule has 6 nitrogen and oxygen atoms in total. The van der Waals surface area contributed by atoms with E-state index in [4.69, 9.17) is 4.74 Å². The molecule has 0 saturated carbocycles. The van der Waals surface area contributed by atoms with Gasteiger partial charge in [0.1, 0.15) is 29.9 Å². The average molecular weight is 416 g/mol. The van der Waals surface area contributed by atoms with Gasteiger partial charge in [-0.3, -0.25) is 0 Å². The molecular weight excluding hydrogens is 388 g/mol. The summed E-state index contributed by atoms with van der Waals surface area (Å²) in [7, 11) is -1.46. The van der Waals surface area contributed by atoms with Gasteiger partial charge in [0.2, 0.25) is 0 Å². The van der Waals surface area contributed by atoms with E-state index in [0.717, 1.165) is 11.8 Å². The minimum atomic E-state index is -2.62. The lowest BCUT2D eigenvalue weighted by molar-refractivity contribution is -0.203. The Labute approximate surface area is 159 Å². The Morgan fingerprint density at radius 1 is 1.15 bits per heavy atom. The minimum Gasteiger partial charge on any atom is -0.388 e. The first-order valence-corrected chi connectivity index (χ1v) is 10.6. The van der Waals surface area contributed by atoms with Crippen LogP contribution in [0.15, 0.2) is 12.2 Å². The van der Waals surface area contributed by atoms with Crippen LogP contribution < -0.4 is 4.72 Å². The van der Waals surface area contributed by atoms with Crippen molar-refractivity contribution in [3.05, 3.63) is 12.2 Å². The molecule has 2 heterocycles. The second kappa shape index (κ2) is 8.93. The average Bonchev–Trinajstić information content (AvgIpc) is 2.55. The predicted octanol–water partition coefficient (Wildman–Crippen LogP) is 0.931. The van der Waals surface area contributed by atoms with Crippen LogP contribution in [0.5, 0.6) is 0 Å². The lowest BCUT2D eigenvalue weighted by Crippen LogP contribution is -2.63. The number of thioether (sulfide) groups is 1. The Morgan fingerprint density at radius 2 is 1.77 bits per heavy atom. The van der Waals surface area contributed by atoms with Gasteiger partial charge in [-0.15, -0.1) is 11.8 Å². The molecule has 0 radical (unpaired) electrons. The number of ether oxygens (including phenoxy) is 1. The van der Waals surface area contributed by atoms with Gasteiger partial charge in [0, 0.05) is 0 Å². The van der Waals surface area contributed by atoms with E-state index in [1.165, 1.54) is 0 Å². The highest BCUT2D eigenvalue weighted by Crippen LogP contribution is 2.36. The Bertz CT molecular complexity index is 531. The molecule has 2 aliphatic heterocycles. The molecule has 0 amide bonds. The normalized spacial score (nSPS) is 41.7. The SMILES string of the molecule is CC(C)(C)[S@@](=O)N[C@@H]1C/C=C\C[C@@H](C(F)F)SC2O[C@H]1C(O)[C@@H](O)[C@H]2O. The molecule has 1 saturated heterocycles. The summed E-state index contributed by atoms with van der Waals surface area (Å²) in [5.74, 6) is 0. The Balaban J connectivity index is 2.29. The molecule has 2 aliphatic rings. The molecule has 2 unspecified atom stereocenters. The van der Waals surface area contributed by atoms with Gasteiger partial charge < -0.3 is 20.1 Å². The van der Waals surface area contributed by atoms with Crippen molar-refractivity contribution in [1.29, 1.82) is 0 Å². The zero-order chi connectivity index (χ0) is 19.6. The molecule has 26 heavy (non-hydrogen) atoms. The van der Waals surface area contributed by atoms with Crippen LogP contribution in [-0.2, 0) is 15.7 Å². The van der Waals surface area contributed by atoms with Crippen LogP contribution in [0.4, 0.5) is 8.78 Å². The third-order valence-corrected chi connectivity index (χ3v) is 7.37. The van der Waals surface area contributed by atoms with E-state index in [1.807, 2.05) is 0 Å². The summed E-state index contributed by atoms with van der Waals surface area (Å²) in [6.45, 7) is 5.36. The van der Waals surface area contributed by atoms with Crippen LogP contribution in [0, 0.1) is 0 Å². The van der Waals surface area contributed by atoms with Crippen molar-refractivity contribution < 1.29 is 33.0 Å². The van der Waals surface area contributed by atoms with Crippen molar-refractivity contribution in [1.82, 2.24) is 4.72 Å². The Hall–Kier alpha value is -0.100. The van der Waals surface area contributed by atoms with E-state index in [0.29, 0.717) is 0 Å². The molecule has 2 bridgehead atoms. The molecule has 0 aromatic carbocycles. The van der Waals surface area contributed by atoms with Crippen LogP contribution in [-0.4, -0.2) is 71.8 Å². The number of allylic oxidation sites excluding steroid dienone is 1. The maximum absolute atomic E-state index is 13.2. The Morgan fingerprint density at radius 3 is 2.35 bits per heavy atom. The molecule has 0 aromatic heterocycles. The van der Waals surface area contributed by atoms with E-state index in [1.54, 1.807) is 32.9 Å². The summed E-state index contributed by atoms with van der Waals surface area (Å²) in [5.41, 5.74) is -1.11. The molecule has 152 valence electrons. The molecule has 0 aliphatic carbocycles. The first kappa shape index (κ1) is 22.2. The van der Waals surface area contributed by atoms with E-state index in [-0.39, 0.29) is 12.8 Å². The smallest absolute Gasteiger partial charge is 0.250 e. The third kappa shape index (κ3) is 5.24. The maximum Gasteiger partial charge on any atom is 0.250 e. The summed E-state index contributed by atoms with van der Waals surface area (Å²) in [5, 5.41) is 29.6. The molecule has 8 atom stereocenters. The van der Waals surface area contributed by atoms with Crippen LogP contribution in [0.3, 0.4) is 0 Å². The highest BCUT2D eigenvalue weighted by Gasteiger charge is 2.48. The summed E-state index contributed by atoms with van der Waals surface area (Å²) >= 11 is 0.743. The fourth-order valence-electron chi connectivity index (χ4n) is 2.75. The molecule has 1 fully saturated rings. The zero-order valence-corrected chi connectivity index (χ0v) is 16.6. The number of halogens is 2. The van der Waals surface area contributed by atoms with Crippen molar-refractivity contribution in [2.75, 3.05) is 0 Å². The number of alkyl halides is 2. The van der Waals surface area contributed by atoms with Gasteiger partial charge in [-0.1, -0.05) is 12.2 Å². The second-order valence-corrected chi connectivity index (χ2v) is 10.8. The summed E-state index contributed by atoms with van der Waals surface area (Å²) in [6, 6.07) is -0.616. The quantitative estimate of drug-likeness (QED) is 0.512. The third-order valence-electron chi connectivity index (χ3n) is 4.33. The topological polar surface area (TPSA) is 99.0 Å². The number of aliphatic hydroxyl groups excluding tert-OH is 3. The monoisotopic (exact) mass is 415 g/mol. The fourth-order valence-corrected chi connectivity index (χ4v) is 4.80. The first-order chi connectivity index (χ1) is 12.0. The molecule has 4 N–H and O–H groups in total. The van der Waals surface area contributed by atoms with Crippen LogP contribution in [0.25, 0.3) is 0 Å². The highest BCUT2D eigenvalue weighted by molar-refractivity contribution is 8.00. The van der Waals surface area contributed by atoms with Gasteiger partial charge in [0.05, 0.1) is 27.0 Å². The van der Waals surface area contributed by atoms with E-state index >= 15 is 0 Å². The Kier molecular flexibility index (Phi) is 7.63. The molecule has 2 rings (SSSR count). The zero-order valence-electron chi connectivity index (χ0n) is 14.9. The van der Waals surface area contributed by atoms with Crippen molar-refractivity contribution in [3.8, 4) is 0 Å². The number of fused-ring (bicyclic) bond motifs is 2. The highest BCUT2D eigenvalue weighted by atomic mass is 32.2. The van der Waals surface area contributed by atoms with Gasteiger partial charge in [-0.05, 0) is 33.6 Å². The van der Waals surface area contributed by atoms with Crippen molar-refractivity contribution in [3.63, 3.8) is 0 Å². The molecule has 0 spiro atoms. The van der Waals surface area contributed by atoms with Crippen LogP contribution in [0.2, 0.25) is 0 Å². The standard InChI is InChI=1S/C16H27F2NO5S2/c1-16(2,3)26(23)19-8-6-4-5-7-9(14(17)18)25-15-12(22)10(20)11(21)13(8)24-15/h4-5,8-15,19-22H,6-7H2,1-3H3/b5-4-/t8-,9+,10-,11?,12-,13-,15?,26-/m1/s1. The first-order valence-electron chi connectivity index (χ1n) is 8.48. The largest absolute Gasteiger partial charge is 0.388 e. The minimum absolute atomic E-state index is 0.0767. The van der Waals surface area contributed by atoms with Crippen molar-refractivity contribution in [2.45, 2.75) is 85.9 Å². The van der Waals surface area contributed by atoms with Gasteiger partial charge in [0.25, 0.3) is 6.43 Å². The summed E-state index contributed by atoms with van der Waals surface area (Å²) < 4.78 is 47.0. The molecule has 0 aromatic rings. The van der Waals surface area contributed by atoms with E-state index < -0.39 is 63.3 Å². The van der Waals surface area contributed by atoms with E-state index in [9.17, 15) is 28.3 Å². The van der Waals surface area contributed by atoms with Crippen molar-refractivity contribution in [2.24, 2.45) is 0 Å². The molecule has 10 heteroatoms. The van der Waals surface area contributed by atoms with Gasteiger partial charge >= 0.3 is 0 Å². The van der Waals surface area contributed by atoms with Gasteiger partial charge in [-0.2, -0.15) is 0 Å². The number of rotatable bonds is 3. The van der Waals surface area contributed by atoms with E-state index in [2.05, 4.69) is 4.72 Å². The molecular formula is C16H27F2NO5S2. The maximum atomic E-state index is 13.2. The number of nitrogens with one attached hydrogen (secondary N) is 1.